The van der Waals surface area contributed by atoms with Crippen molar-refractivity contribution in [3.05, 3.63) is 22.5 Å². The molecule has 1 amide bonds. The number of rotatable bonds is 9. The fraction of sp³-hybridized carbons (Fsp3) is 0.722. The third kappa shape index (κ3) is 5.57. The van der Waals surface area contributed by atoms with Gasteiger partial charge >= 0.3 is 5.69 Å². The molecule has 0 spiro atoms. The molecule has 8 nitrogen and oxygen atoms in total. The number of hydrogen-bond acceptors (Lipinski definition) is 6. The van der Waals surface area contributed by atoms with E-state index in [1.54, 1.807) is 0 Å². The smallest absolute Gasteiger partial charge is 0.351 e. The predicted octanol–water partition coefficient (Wildman–Crippen LogP) is 1.71. The lowest BCUT2D eigenvalue weighted by atomic mass is 10.1. The van der Waals surface area contributed by atoms with Crippen LogP contribution in [0.5, 0.6) is 0 Å². The number of unbranched alkanes of at least 4 members (excludes halogenated alkanes) is 5. The highest BCUT2D eigenvalue weighted by atomic mass is 19.1. The van der Waals surface area contributed by atoms with Gasteiger partial charge in [-0.15, -0.1) is 0 Å². The minimum absolute atomic E-state index is 0.227. The van der Waals surface area contributed by atoms with E-state index in [0.29, 0.717) is 6.42 Å². The average molecular weight is 385 g/mol. The van der Waals surface area contributed by atoms with Crippen LogP contribution in [0.4, 0.5) is 10.2 Å². The van der Waals surface area contributed by atoms with Crippen LogP contribution in [-0.2, 0) is 9.53 Å². The molecule has 3 N–H and O–H groups in total. The zero-order valence-corrected chi connectivity index (χ0v) is 15.7. The summed E-state index contributed by atoms with van der Waals surface area (Å²) in [6, 6.07) is 0. The SMILES string of the molecule is CCCCCCCCC(=O)Nc1nc(=O)n([C@@H]2O[C@H](C)C(O)C2O)cc1F. The summed E-state index contributed by atoms with van der Waals surface area (Å²) in [7, 11) is 0. The Bertz CT molecular complexity index is 696. The molecule has 0 bridgehead atoms. The molecule has 0 radical (unpaired) electrons. The maximum absolute atomic E-state index is 14.3. The normalized spacial score (nSPS) is 24.9. The number of aliphatic hydroxyl groups excluding tert-OH is 2. The number of nitrogens with one attached hydrogen (secondary N) is 1. The number of hydrogen-bond donors (Lipinski definition) is 3. The molecule has 152 valence electrons. The van der Waals surface area contributed by atoms with Gasteiger partial charge in [0.1, 0.15) is 12.2 Å². The third-order valence-corrected chi connectivity index (χ3v) is 4.67. The number of ether oxygens (including phenoxy) is 1. The van der Waals surface area contributed by atoms with Crippen LogP contribution in [0.15, 0.2) is 11.0 Å². The molecule has 1 aromatic rings. The van der Waals surface area contributed by atoms with Crippen molar-refractivity contribution >= 4 is 11.7 Å². The first-order valence-corrected chi connectivity index (χ1v) is 9.45. The number of aliphatic hydroxyl groups is 2. The van der Waals surface area contributed by atoms with Gasteiger partial charge in [0, 0.05) is 6.42 Å². The molecule has 1 aromatic heterocycles. The van der Waals surface area contributed by atoms with Crippen LogP contribution in [0.25, 0.3) is 0 Å². The Morgan fingerprint density at radius 2 is 1.93 bits per heavy atom. The number of halogens is 1. The monoisotopic (exact) mass is 385 g/mol. The van der Waals surface area contributed by atoms with Crippen molar-refractivity contribution < 1.29 is 24.1 Å². The topological polar surface area (TPSA) is 114 Å². The fourth-order valence-electron chi connectivity index (χ4n) is 3.03. The second-order valence-corrected chi connectivity index (χ2v) is 6.91. The minimum atomic E-state index is -1.38. The molecule has 27 heavy (non-hydrogen) atoms. The second kappa shape index (κ2) is 9.91. The van der Waals surface area contributed by atoms with Crippen LogP contribution >= 0.6 is 0 Å². The average Bonchev–Trinajstić information content (AvgIpc) is 2.88. The zero-order chi connectivity index (χ0) is 20.0. The maximum Gasteiger partial charge on any atom is 0.351 e. The molecule has 0 saturated carbocycles. The standard InChI is InChI=1S/C18H28FN3O5/c1-3-4-5-6-7-8-9-13(23)20-16-12(19)10-22(18(26)21-16)17-15(25)14(24)11(2)27-17/h10-11,14-15,17,24-25H,3-9H2,1-2H3,(H,20,21,23,26)/t11-,14?,15?,17-/m1/s1. The van der Waals surface area contributed by atoms with Crippen LogP contribution in [0.3, 0.4) is 0 Å². The van der Waals surface area contributed by atoms with Gasteiger partial charge in [-0.05, 0) is 13.3 Å². The number of nitrogens with zero attached hydrogens (tertiary/aromatic N) is 2. The van der Waals surface area contributed by atoms with Gasteiger partial charge in [-0.2, -0.15) is 4.98 Å². The second-order valence-electron chi connectivity index (χ2n) is 6.91. The largest absolute Gasteiger partial charge is 0.388 e. The van der Waals surface area contributed by atoms with E-state index >= 15 is 0 Å². The lowest BCUT2D eigenvalue weighted by molar-refractivity contribution is -0.116. The van der Waals surface area contributed by atoms with Gasteiger partial charge in [0.05, 0.1) is 12.3 Å². The summed E-state index contributed by atoms with van der Waals surface area (Å²) < 4.78 is 20.3. The van der Waals surface area contributed by atoms with E-state index < -0.39 is 47.8 Å². The summed E-state index contributed by atoms with van der Waals surface area (Å²) >= 11 is 0. The highest BCUT2D eigenvalue weighted by Gasteiger charge is 2.42. The first-order valence-electron chi connectivity index (χ1n) is 9.45. The highest BCUT2D eigenvalue weighted by Crippen LogP contribution is 2.28. The highest BCUT2D eigenvalue weighted by molar-refractivity contribution is 5.89. The Morgan fingerprint density at radius 1 is 1.26 bits per heavy atom. The molecule has 2 rings (SSSR count). The molecule has 1 aliphatic heterocycles. The summed E-state index contributed by atoms with van der Waals surface area (Å²) in [4.78, 5) is 27.6. The van der Waals surface area contributed by atoms with Crippen LogP contribution in [-0.4, -0.2) is 44.0 Å². The summed E-state index contributed by atoms with van der Waals surface area (Å²) in [5.41, 5.74) is -0.892. The van der Waals surface area contributed by atoms with E-state index in [2.05, 4.69) is 17.2 Å². The van der Waals surface area contributed by atoms with Crippen molar-refractivity contribution in [3.8, 4) is 0 Å². The van der Waals surface area contributed by atoms with E-state index in [4.69, 9.17) is 4.74 Å². The third-order valence-electron chi connectivity index (χ3n) is 4.67. The van der Waals surface area contributed by atoms with E-state index in [1.807, 2.05) is 0 Å². The van der Waals surface area contributed by atoms with Crippen molar-refractivity contribution in [2.45, 2.75) is 83.3 Å². The number of carbonyl (C=O) groups excluding carboxylic acids is 1. The van der Waals surface area contributed by atoms with Gasteiger partial charge in [0.15, 0.2) is 17.9 Å². The van der Waals surface area contributed by atoms with Gasteiger partial charge in [-0.1, -0.05) is 39.0 Å². The zero-order valence-electron chi connectivity index (χ0n) is 15.7. The van der Waals surface area contributed by atoms with Crippen molar-refractivity contribution in [3.63, 3.8) is 0 Å². The van der Waals surface area contributed by atoms with E-state index in [9.17, 15) is 24.2 Å². The van der Waals surface area contributed by atoms with E-state index in [0.717, 1.165) is 36.4 Å². The molecule has 1 saturated heterocycles. The predicted molar refractivity (Wildman–Crippen MR) is 96.7 cm³/mol. The number of anilines is 1. The van der Waals surface area contributed by atoms with Gasteiger partial charge in [0.25, 0.3) is 0 Å². The van der Waals surface area contributed by atoms with Crippen LogP contribution < -0.4 is 11.0 Å². The first-order chi connectivity index (χ1) is 12.8. The maximum atomic E-state index is 14.3. The molecule has 0 aliphatic carbocycles. The van der Waals surface area contributed by atoms with Gasteiger partial charge in [-0.25, -0.2) is 9.18 Å². The number of carbonyl (C=O) groups is 1. The fourth-order valence-corrected chi connectivity index (χ4v) is 3.03. The number of aromatic nitrogens is 2. The molecule has 2 heterocycles. The molecule has 9 heteroatoms. The molecular formula is C18H28FN3O5. The van der Waals surface area contributed by atoms with Gasteiger partial charge in [0.2, 0.25) is 5.91 Å². The van der Waals surface area contributed by atoms with Gasteiger partial charge in [-0.3, -0.25) is 9.36 Å². The minimum Gasteiger partial charge on any atom is -0.388 e. The van der Waals surface area contributed by atoms with Crippen molar-refractivity contribution in [2.24, 2.45) is 0 Å². The van der Waals surface area contributed by atoms with Crippen LogP contribution in [0, 0.1) is 5.82 Å². The summed E-state index contributed by atoms with van der Waals surface area (Å²) in [5.74, 6) is -1.78. The van der Waals surface area contributed by atoms with Crippen molar-refractivity contribution in [1.82, 2.24) is 9.55 Å². The van der Waals surface area contributed by atoms with E-state index in [1.165, 1.54) is 13.3 Å². The summed E-state index contributed by atoms with van der Waals surface area (Å²) in [5, 5.41) is 22.0. The Kier molecular flexibility index (Phi) is 7.88. The Balaban J connectivity index is 1.95. The lowest BCUT2D eigenvalue weighted by Gasteiger charge is -2.17. The summed E-state index contributed by atoms with van der Waals surface area (Å²) in [6.45, 7) is 3.66. The summed E-state index contributed by atoms with van der Waals surface area (Å²) in [6.07, 6.45) is 2.63. The molecule has 1 aliphatic rings. The Hall–Kier alpha value is -1.84. The lowest BCUT2D eigenvalue weighted by Crippen LogP contribution is -2.36. The van der Waals surface area contributed by atoms with Crippen molar-refractivity contribution in [2.75, 3.05) is 5.32 Å². The Morgan fingerprint density at radius 3 is 2.56 bits per heavy atom. The molecule has 1 fully saturated rings. The van der Waals surface area contributed by atoms with E-state index in [-0.39, 0.29) is 6.42 Å². The van der Waals surface area contributed by atoms with Crippen LogP contribution in [0.2, 0.25) is 0 Å². The quantitative estimate of drug-likeness (QED) is 0.558. The number of amides is 1. The molecular weight excluding hydrogens is 357 g/mol. The molecule has 4 atom stereocenters. The molecule has 2 unspecified atom stereocenters. The van der Waals surface area contributed by atoms with Crippen LogP contribution in [0.1, 0.15) is 65.0 Å². The van der Waals surface area contributed by atoms with Gasteiger partial charge < -0.3 is 20.3 Å². The first kappa shape index (κ1) is 21.5. The Labute approximate surface area is 157 Å². The molecule has 0 aromatic carbocycles. The van der Waals surface area contributed by atoms with Crippen molar-refractivity contribution in [1.29, 1.82) is 0 Å².